The number of hydrogen-bond donors (Lipinski definition) is 0. The third-order valence-electron chi connectivity index (χ3n) is 3.99. The summed E-state index contributed by atoms with van der Waals surface area (Å²) in [5.41, 5.74) is -0.112. The number of piperidine rings is 1. The summed E-state index contributed by atoms with van der Waals surface area (Å²) in [5.74, 6) is -0.0999. The van der Waals surface area contributed by atoms with Crippen LogP contribution in [-0.4, -0.2) is 30.1 Å². The molecule has 2 unspecified atom stereocenters. The van der Waals surface area contributed by atoms with Gasteiger partial charge in [-0.2, -0.15) is 13.2 Å². The monoisotopic (exact) mass is 299 g/mol. The van der Waals surface area contributed by atoms with Crippen LogP contribution in [-0.2, 0) is 15.7 Å². The van der Waals surface area contributed by atoms with E-state index >= 15 is 0 Å². The van der Waals surface area contributed by atoms with Crippen LogP contribution < -0.4 is 0 Å². The predicted molar refractivity (Wildman–Crippen MR) is 69.5 cm³/mol. The molecule has 0 bridgehead atoms. The van der Waals surface area contributed by atoms with Crippen LogP contribution in [0.3, 0.4) is 0 Å². The molecule has 2 fully saturated rings. The van der Waals surface area contributed by atoms with Crippen LogP contribution in [0.5, 0.6) is 0 Å². The van der Waals surface area contributed by atoms with E-state index in [0.717, 1.165) is 25.0 Å². The highest BCUT2D eigenvalue weighted by atomic mass is 19.4. The molecule has 0 aromatic heterocycles. The standard InChI is InChI=1S/C15H16F3NO2/c16-15(17,18)11-5-3-4-10(8-11)12-6-1-2-7-19(12)14(20)13-9-21-13/h3-5,8,12-13H,1-2,6-7,9H2. The van der Waals surface area contributed by atoms with Crippen LogP contribution in [0.25, 0.3) is 0 Å². The summed E-state index contributed by atoms with van der Waals surface area (Å²) >= 11 is 0. The molecule has 1 amide bonds. The van der Waals surface area contributed by atoms with Gasteiger partial charge in [0.15, 0.2) is 6.10 Å². The number of benzene rings is 1. The first-order chi connectivity index (χ1) is 9.97. The van der Waals surface area contributed by atoms with Gasteiger partial charge in [0.25, 0.3) is 5.91 Å². The lowest BCUT2D eigenvalue weighted by molar-refractivity contribution is -0.137. The number of carbonyl (C=O) groups excluding carboxylic acids is 1. The fourth-order valence-electron chi connectivity index (χ4n) is 2.84. The highest BCUT2D eigenvalue weighted by Crippen LogP contribution is 2.36. The molecular weight excluding hydrogens is 283 g/mol. The minimum atomic E-state index is -4.36. The number of ether oxygens (including phenoxy) is 1. The van der Waals surface area contributed by atoms with Crippen molar-refractivity contribution >= 4 is 5.91 Å². The smallest absolute Gasteiger partial charge is 0.363 e. The third-order valence-corrected chi connectivity index (χ3v) is 3.99. The Kier molecular flexibility index (Phi) is 3.65. The van der Waals surface area contributed by atoms with Crippen LogP contribution in [0, 0.1) is 0 Å². The number of epoxide rings is 1. The van der Waals surface area contributed by atoms with E-state index in [2.05, 4.69) is 0 Å². The van der Waals surface area contributed by atoms with Crippen LogP contribution in [0.15, 0.2) is 24.3 Å². The quantitative estimate of drug-likeness (QED) is 0.786. The molecule has 1 aromatic rings. The number of amides is 1. The Morgan fingerprint density at radius 1 is 1.29 bits per heavy atom. The first-order valence-electron chi connectivity index (χ1n) is 7.06. The lowest BCUT2D eigenvalue weighted by Crippen LogP contribution is -2.41. The van der Waals surface area contributed by atoms with Gasteiger partial charge >= 0.3 is 6.18 Å². The van der Waals surface area contributed by atoms with Gasteiger partial charge in [0.2, 0.25) is 0 Å². The maximum atomic E-state index is 12.8. The summed E-state index contributed by atoms with van der Waals surface area (Å²) in [7, 11) is 0. The van der Waals surface area contributed by atoms with E-state index < -0.39 is 17.8 Å². The number of halogens is 3. The molecule has 1 aromatic carbocycles. The van der Waals surface area contributed by atoms with Gasteiger partial charge in [0.1, 0.15) is 0 Å². The molecule has 0 spiro atoms. The van der Waals surface area contributed by atoms with Crippen molar-refractivity contribution in [3.63, 3.8) is 0 Å². The van der Waals surface area contributed by atoms with E-state index in [1.807, 2.05) is 0 Å². The third kappa shape index (κ3) is 3.05. The van der Waals surface area contributed by atoms with E-state index in [0.29, 0.717) is 25.1 Å². The van der Waals surface area contributed by atoms with Gasteiger partial charge in [0.05, 0.1) is 18.2 Å². The van der Waals surface area contributed by atoms with Gasteiger partial charge in [-0.15, -0.1) is 0 Å². The largest absolute Gasteiger partial charge is 0.416 e. The highest BCUT2D eigenvalue weighted by molar-refractivity contribution is 5.83. The minimum absolute atomic E-state index is 0.0999. The summed E-state index contributed by atoms with van der Waals surface area (Å²) in [6, 6.07) is 5.01. The van der Waals surface area contributed by atoms with Gasteiger partial charge < -0.3 is 9.64 Å². The van der Waals surface area contributed by atoms with Gasteiger partial charge in [-0.3, -0.25) is 4.79 Å². The fourth-order valence-corrected chi connectivity index (χ4v) is 2.84. The Bertz CT molecular complexity index is 540. The fraction of sp³-hybridized carbons (Fsp3) is 0.533. The van der Waals surface area contributed by atoms with Crippen molar-refractivity contribution in [3.8, 4) is 0 Å². The van der Waals surface area contributed by atoms with Gasteiger partial charge in [-0.25, -0.2) is 0 Å². The van der Waals surface area contributed by atoms with E-state index in [1.165, 1.54) is 6.07 Å². The summed E-state index contributed by atoms with van der Waals surface area (Å²) in [6.07, 6.45) is -2.26. The van der Waals surface area contributed by atoms with Crippen LogP contribution in [0.4, 0.5) is 13.2 Å². The number of carbonyl (C=O) groups is 1. The zero-order valence-electron chi connectivity index (χ0n) is 11.4. The first-order valence-corrected chi connectivity index (χ1v) is 7.06. The summed E-state index contributed by atoms with van der Waals surface area (Å²) < 4.78 is 43.5. The topological polar surface area (TPSA) is 32.8 Å². The molecule has 21 heavy (non-hydrogen) atoms. The molecule has 2 heterocycles. The van der Waals surface area contributed by atoms with Gasteiger partial charge in [-0.05, 0) is 37.0 Å². The second-order valence-electron chi connectivity index (χ2n) is 5.49. The van der Waals surface area contributed by atoms with Crippen LogP contribution in [0.2, 0.25) is 0 Å². The maximum absolute atomic E-state index is 12.8. The number of hydrogen-bond acceptors (Lipinski definition) is 2. The van der Waals surface area contributed by atoms with Gasteiger partial charge in [0, 0.05) is 6.54 Å². The molecule has 0 aliphatic carbocycles. The Morgan fingerprint density at radius 3 is 2.71 bits per heavy atom. The van der Waals surface area contributed by atoms with Crippen molar-refractivity contribution in [1.82, 2.24) is 4.90 Å². The van der Waals surface area contributed by atoms with Crippen LogP contribution >= 0.6 is 0 Å². The van der Waals surface area contributed by atoms with Crippen molar-refractivity contribution in [2.45, 2.75) is 37.6 Å². The average Bonchev–Trinajstić information content (AvgIpc) is 3.30. The number of rotatable bonds is 2. The molecule has 3 nitrogen and oxygen atoms in total. The number of alkyl halides is 3. The predicted octanol–water partition coefficient (Wildman–Crippen LogP) is 3.16. The SMILES string of the molecule is O=C(C1CO1)N1CCCCC1c1cccc(C(F)(F)F)c1. The second kappa shape index (κ2) is 5.33. The van der Waals surface area contributed by atoms with Crippen molar-refractivity contribution in [2.24, 2.45) is 0 Å². The molecule has 0 N–H and O–H groups in total. The molecule has 114 valence electrons. The summed E-state index contributed by atoms with van der Waals surface area (Å²) in [5, 5.41) is 0. The zero-order chi connectivity index (χ0) is 15.0. The molecule has 0 radical (unpaired) electrons. The summed E-state index contributed by atoms with van der Waals surface area (Å²) in [6.45, 7) is 1.00. The normalized spacial score (nSPS) is 25.8. The summed E-state index contributed by atoms with van der Waals surface area (Å²) in [4.78, 5) is 13.9. The van der Waals surface area contributed by atoms with Gasteiger partial charge in [-0.1, -0.05) is 12.1 Å². The molecule has 2 saturated heterocycles. The Morgan fingerprint density at radius 2 is 2.05 bits per heavy atom. The molecular formula is C15H16F3NO2. The average molecular weight is 299 g/mol. The lowest BCUT2D eigenvalue weighted by atomic mass is 9.93. The van der Waals surface area contributed by atoms with E-state index in [4.69, 9.17) is 4.74 Å². The first kappa shape index (κ1) is 14.4. The molecule has 2 aliphatic rings. The van der Waals surface area contributed by atoms with E-state index in [9.17, 15) is 18.0 Å². The molecule has 2 atom stereocenters. The Balaban J connectivity index is 1.87. The molecule has 3 rings (SSSR count). The molecule has 2 aliphatic heterocycles. The highest BCUT2D eigenvalue weighted by Gasteiger charge is 2.39. The molecule has 6 heteroatoms. The van der Waals surface area contributed by atoms with Crippen molar-refractivity contribution < 1.29 is 22.7 Å². The molecule has 0 saturated carbocycles. The number of nitrogens with zero attached hydrogens (tertiary/aromatic N) is 1. The zero-order valence-corrected chi connectivity index (χ0v) is 11.4. The van der Waals surface area contributed by atoms with E-state index in [1.54, 1.807) is 11.0 Å². The number of likely N-dealkylation sites (tertiary alicyclic amines) is 1. The maximum Gasteiger partial charge on any atom is 0.416 e. The minimum Gasteiger partial charge on any atom is -0.363 e. The van der Waals surface area contributed by atoms with E-state index in [-0.39, 0.29) is 11.9 Å². The second-order valence-corrected chi connectivity index (χ2v) is 5.49. The van der Waals surface area contributed by atoms with Crippen molar-refractivity contribution in [1.29, 1.82) is 0 Å². The van der Waals surface area contributed by atoms with Crippen LogP contribution in [0.1, 0.15) is 36.4 Å². The Labute approximate surface area is 120 Å². The van der Waals surface area contributed by atoms with Crippen molar-refractivity contribution in [3.05, 3.63) is 35.4 Å². The lowest BCUT2D eigenvalue weighted by Gasteiger charge is -2.36. The Hall–Kier alpha value is -1.56. The van der Waals surface area contributed by atoms with Crippen molar-refractivity contribution in [2.75, 3.05) is 13.2 Å².